The number of amides is 3. The number of nitrogens with zero attached hydrogens (tertiary/aromatic N) is 1. The molecular formula is C21H31N3O3. The van der Waals surface area contributed by atoms with Crippen LogP contribution in [0.3, 0.4) is 0 Å². The van der Waals surface area contributed by atoms with E-state index in [0.717, 1.165) is 19.3 Å². The fourth-order valence-electron chi connectivity index (χ4n) is 4.11. The number of methoxy groups -OCH3 is 1. The molecule has 1 aromatic rings. The first-order valence-electron chi connectivity index (χ1n) is 10.1. The van der Waals surface area contributed by atoms with Crippen molar-refractivity contribution in [3.63, 3.8) is 0 Å². The maximum absolute atomic E-state index is 12.7. The highest BCUT2D eigenvalue weighted by atomic mass is 16.5. The van der Waals surface area contributed by atoms with Crippen LogP contribution in [0.25, 0.3) is 0 Å². The summed E-state index contributed by atoms with van der Waals surface area (Å²) >= 11 is 0. The first kappa shape index (κ1) is 19.5. The van der Waals surface area contributed by atoms with Crippen LogP contribution in [0.5, 0.6) is 5.75 Å². The SMILES string of the molecule is COc1cccc(NC(=O)N2CCC[C@H](C(=O)N[C@@H]3CCCC[C@@H]3C)C2)c1. The number of benzene rings is 1. The minimum Gasteiger partial charge on any atom is -0.497 e. The Balaban J connectivity index is 1.54. The number of carbonyl (C=O) groups excluding carboxylic acids is 2. The molecule has 2 aliphatic rings. The minimum atomic E-state index is -0.160. The normalized spacial score (nSPS) is 25.6. The molecule has 0 radical (unpaired) electrons. The Morgan fingerprint density at radius 3 is 2.74 bits per heavy atom. The monoisotopic (exact) mass is 373 g/mol. The molecule has 1 saturated heterocycles. The molecule has 148 valence electrons. The Kier molecular flexibility index (Phi) is 6.58. The van der Waals surface area contributed by atoms with Gasteiger partial charge >= 0.3 is 6.03 Å². The first-order chi connectivity index (χ1) is 13.1. The molecule has 0 spiro atoms. The molecule has 27 heavy (non-hydrogen) atoms. The minimum absolute atomic E-state index is 0.104. The number of rotatable bonds is 4. The van der Waals surface area contributed by atoms with Gasteiger partial charge in [-0.2, -0.15) is 0 Å². The fourth-order valence-corrected chi connectivity index (χ4v) is 4.11. The van der Waals surface area contributed by atoms with Gasteiger partial charge in [0, 0.05) is 30.9 Å². The molecule has 6 nitrogen and oxygen atoms in total. The van der Waals surface area contributed by atoms with Crippen LogP contribution >= 0.6 is 0 Å². The second-order valence-corrected chi connectivity index (χ2v) is 7.82. The van der Waals surface area contributed by atoms with E-state index >= 15 is 0 Å². The van der Waals surface area contributed by atoms with Gasteiger partial charge in [-0.25, -0.2) is 4.79 Å². The molecule has 2 fully saturated rings. The predicted molar refractivity (Wildman–Crippen MR) is 106 cm³/mol. The number of hydrogen-bond acceptors (Lipinski definition) is 3. The topological polar surface area (TPSA) is 70.7 Å². The van der Waals surface area contributed by atoms with Crippen LogP contribution in [0.1, 0.15) is 45.4 Å². The molecule has 0 bridgehead atoms. The predicted octanol–water partition coefficient (Wildman–Crippen LogP) is 3.63. The van der Waals surface area contributed by atoms with Gasteiger partial charge in [-0.1, -0.05) is 25.8 Å². The molecule has 3 amide bonds. The van der Waals surface area contributed by atoms with Crippen molar-refractivity contribution < 1.29 is 14.3 Å². The van der Waals surface area contributed by atoms with Crippen LogP contribution in [-0.4, -0.2) is 43.1 Å². The quantitative estimate of drug-likeness (QED) is 0.847. The summed E-state index contributed by atoms with van der Waals surface area (Å²) in [6.07, 6.45) is 6.40. The lowest BCUT2D eigenvalue weighted by Crippen LogP contribution is -2.50. The lowest BCUT2D eigenvalue weighted by Gasteiger charge is -2.35. The number of hydrogen-bond donors (Lipinski definition) is 2. The van der Waals surface area contributed by atoms with Gasteiger partial charge in [-0.05, 0) is 43.7 Å². The molecule has 3 atom stereocenters. The summed E-state index contributed by atoms with van der Waals surface area (Å²) in [5.41, 5.74) is 0.696. The zero-order chi connectivity index (χ0) is 19.2. The Morgan fingerprint density at radius 2 is 1.96 bits per heavy atom. The van der Waals surface area contributed by atoms with Crippen molar-refractivity contribution in [3.05, 3.63) is 24.3 Å². The molecule has 0 aromatic heterocycles. The van der Waals surface area contributed by atoms with Gasteiger partial charge in [-0.3, -0.25) is 4.79 Å². The smallest absolute Gasteiger partial charge is 0.321 e. The highest BCUT2D eigenvalue weighted by molar-refractivity contribution is 5.90. The summed E-state index contributed by atoms with van der Waals surface area (Å²) in [5, 5.41) is 6.16. The molecule has 1 heterocycles. The highest BCUT2D eigenvalue weighted by Gasteiger charge is 2.31. The lowest BCUT2D eigenvalue weighted by molar-refractivity contribution is -0.127. The molecule has 1 saturated carbocycles. The van der Waals surface area contributed by atoms with Crippen molar-refractivity contribution in [1.82, 2.24) is 10.2 Å². The van der Waals surface area contributed by atoms with Gasteiger partial charge in [0.05, 0.1) is 13.0 Å². The Hall–Kier alpha value is -2.24. The number of likely N-dealkylation sites (tertiary alicyclic amines) is 1. The van der Waals surface area contributed by atoms with E-state index in [0.29, 0.717) is 30.4 Å². The molecule has 6 heteroatoms. The summed E-state index contributed by atoms with van der Waals surface area (Å²) in [7, 11) is 1.60. The zero-order valence-corrected chi connectivity index (χ0v) is 16.4. The summed E-state index contributed by atoms with van der Waals surface area (Å²) in [6.45, 7) is 3.38. The van der Waals surface area contributed by atoms with Gasteiger partial charge in [0.1, 0.15) is 5.75 Å². The van der Waals surface area contributed by atoms with E-state index in [1.165, 1.54) is 19.3 Å². The van der Waals surface area contributed by atoms with Gasteiger partial charge in [-0.15, -0.1) is 0 Å². The molecule has 3 rings (SSSR count). The van der Waals surface area contributed by atoms with E-state index < -0.39 is 0 Å². The average Bonchev–Trinajstić information content (AvgIpc) is 2.70. The van der Waals surface area contributed by atoms with E-state index in [1.807, 2.05) is 18.2 Å². The third-order valence-corrected chi connectivity index (χ3v) is 5.84. The van der Waals surface area contributed by atoms with Gasteiger partial charge in [0.15, 0.2) is 0 Å². The Morgan fingerprint density at radius 1 is 1.15 bits per heavy atom. The van der Waals surface area contributed by atoms with Crippen molar-refractivity contribution in [2.45, 2.75) is 51.5 Å². The van der Waals surface area contributed by atoms with E-state index in [1.54, 1.807) is 18.1 Å². The van der Waals surface area contributed by atoms with Gasteiger partial charge < -0.3 is 20.3 Å². The Bertz CT molecular complexity index is 664. The van der Waals surface area contributed by atoms with Crippen LogP contribution < -0.4 is 15.4 Å². The second-order valence-electron chi connectivity index (χ2n) is 7.82. The first-order valence-corrected chi connectivity index (χ1v) is 10.1. The number of anilines is 1. The van der Waals surface area contributed by atoms with Crippen molar-refractivity contribution in [2.24, 2.45) is 11.8 Å². The molecule has 2 N–H and O–H groups in total. The third-order valence-electron chi connectivity index (χ3n) is 5.84. The second kappa shape index (κ2) is 9.11. The van der Waals surface area contributed by atoms with Crippen LogP contribution in [0.2, 0.25) is 0 Å². The number of nitrogens with one attached hydrogen (secondary N) is 2. The van der Waals surface area contributed by atoms with E-state index in [4.69, 9.17) is 4.74 Å². The molecule has 1 aromatic carbocycles. The lowest BCUT2D eigenvalue weighted by atomic mass is 9.85. The Labute approximate surface area is 161 Å². The van der Waals surface area contributed by atoms with Gasteiger partial charge in [0.2, 0.25) is 5.91 Å². The molecule has 1 aliphatic carbocycles. The number of ether oxygens (including phenoxy) is 1. The van der Waals surface area contributed by atoms with E-state index in [9.17, 15) is 9.59 Å². The summed E-state index contributed by atoms with van der Waals surface area (Å²) in [5.74, 6) is 1.22. The number of carbonyl (C=O) groups is 2. The maximum atomic E-state index is 12.7. The maximum Gasteiger partial charge on any atom is 0.321 e. The number of piperidine rings is 1. The van der Waals surface area contributed by atoms with Crippen LogP contribution in [0, 0.1) is 11.8 Å². The van der Waals surface area contributed by atoms with Crippen LogP contribution in [-0.2, 0) is 4.79 Å². The number of urea groups is 1. The van der Waals surface area contributed by atoms with Gasteiger partial charge in [0.25, 0.3) is 0 Å². The third kappa shape index (κ3) is 5.15. The molecule has 0 unspecified atom stereocenters. The highest BCUT2D eigenvalue weighted by Crippen LogP contribution is 2.25. The largest absolute Gasteiger partial charge is 0.497 e. The van der Waals surface area contributed by atoms with Crippen LogP contribution in [0.4, 0.5) is 10.5 Å². The fraction of sp³-hybridized carbons (Fsp3) is 0.619. The molecule has 1 aliphatic heterocycles. The van der Waals surface area contributed by atoms with Crippen molar-refractivity contribution >= 4 is 17.6 Å². The van der Waals surface area contributed by atoms with Crippen LogP contribution in [0.15, 0.2) is 24.3 Å². The van der Waals surface area contributed by atoms with Crippen molar-refractivity contribution in [1.29, 1.82) is 0 Å². The summed E-state index contributed by atoms with van der Waals surface area (Å²) < 4.78 is 5.19. The van der Waals surface area contributed by atoms with E-state index in [-0.39, 0.29) is 23.9 Å². The summed E-state index contributed by atoms with van der Waals surface area (Å²) in [6, 6.07) is 7.42. The molecular weight excluding hydrogens is 342 g/mol. The van der Waals surface area contributed by atoms with E-state index in [2.05, 4.69) is 17.6 Å². The summed E-state index contributed by atoms with van der Waals surface area (Å²) in [4.78, 5) is 27.1. The van der Waals surface area contributed by atoms with Crippen molar-refractivity contribution in [3.8, 4) is 5.75 Å². The zero-order valence-electron chi connectivity index (χ0n) is 16.4. The standard InChI is InChI=1S/C21H31N3O3/c1-15-7-3-4-11-19(15)23-20(25)16-8-6-12-24(14-16)21(26)22-17-9-5-10-18(13-17)27-2/h5,9-10,13,15-16,19H,3-4,6-8,11-12,14H2,1-2H3,(H,22,26)(H,23,25)/t15-,16-,19+/m0/s1. The average molecular weight is 373 g/mol. The van der Waals surface area contributed by atoms with Crippen molar-refractivity contribution in [2.75, 3.05) is 25.5 Å².